The molecule has 9 heteroatoms. The molecule has 1 unspecified atom stereocenters. The lowest BCUT2D eigenvalue weighted by Crippen LogP contribution is -2.30. The summed E-state index contributed by atoms with van der Waals surface area (Å²) in [6, 6.07) is 7.40. The Labute approximate surface area is 163 Å². The summed E-state index contributed by atoms with van der Waals surface area (Å²) in [5.41, 5.74) is 1.32. The quantitative estimate of drug-likeness (QED) is 0.626. The second-order valence-corrected chi connectivity index (χ2v) is 7.81. The van der Waals surface area contributed by atoms with Gasteiger partial charge in [0.15, 0.2) is 0 Å². The van der Waals surface area contributed by atoms with Crippen molar-refractivity contribution in [2.24, 2.45) is 0 Å². The van der Waals surface area contributed by atoms with Gasteiger partial charge in [-0.25, -0.2) is 19.2 Å². The molecule has 7 nitrogen and oxygen atoms in total. The first-order valence-electron chi connectivity index (χ1n) is 8.89. The third-order valence-corrected chi connectivity index (χ3v) is 5.45. The molecule has 0 bridgehead atoms. The lowest BCUT2D eigenvalue weighted by molar-refractivity contribution is 0.0686. The number of benzene rings is 1. The largest absolute Gasteiger partial charge is 0.381 e. The Kier molecular flexibility index (Phi) is 5.19. The predicted octanol–water partition coefficient (Wildman–Crippen LogP) is 2.32. The maximum absolute atomic E-state index is 13.4. The van der Waals surface area contributed by atoms with Gasteiger partial charge in [-0.3, -0.25) is 13.3 Å². The van der Waals surface area contributed by atoms with Crippen LogP contribution in [0, 0.1) is 5.82 Å². The number of hydrogen-bond acceptors (Lipinski definition) is 5. The van der Waals surface area contributed by atoms with Crippen LogP contribution in [0.4, 0.5) is 4.39 Å². The van der Waals surface area contributed by atoms with Gasteiger partial charge in [-0.1, -0.05) is 0 Å². The molecule has 3 aromatic rings. The van der Waals surface area contributed by atoms with Crippen molar-refractivity contribution in [1.82, 2.24) is 19.1 Å². The normalized spacial score (nSPS) is 16.2. The summed E-state index contributed by atoms with van der Waals surface area (Å²) in [5, 5.41) is 0.189. The van der Waals surface area contributed by atoms with E-state index in [-0.39, 0.29) is 22.7 Å². The van der Waals surface area contributed by atoms with Crippen LogP contribution in [0.2, 0.25) is 0 Å². The van der Waals surface area contributed by atoms with Crippen molar-refractivity contribution < 1.29 is 13.3 Å². The molecule has 1 aliphatic heterocycles. The molecule has 1 atom stereocenters. The van der Waals surface area contributed by atoms with Crippen LogP contribution < -0.4 is 5.69 Å². The number of halogens is 1. The molecule has 0 spiro atoms. The van der Waals surface area contributed by atoms with Crippen LogP contribution in [-0.4, -0.2) is 42.8 Å². The van der Waals surface area contributed by atoms with Crippen molar-refractivity contribution >= 4 is 10.8 Å². The van der Waals surface area contributed by atoms with Gasteiger partial charge in [0.05, 0.1) is 27.9 Å². The number of rotatable bonds is 4. The number of nitrogens with zero attached hydrogens (tertiary/aromatic N) is 4. The zero-order chi connectivity index (χ0) is 19.7. The molecular formula is C19H19FN4O3S. The number of aromatic nitrogens is 4. The molecule has 0 saturated carbocycles. The van der Waals surface area contributed by atoms with E-state index in [4.69, 9.17) is 4.74 Å². The minimum absolute atomic E-state index is 0.0170. The van der Waals surface area contributed by atoms with E-state index >= 15 is 0 Å². The summed E-state index contributed by atoms with van der Waals surface area (Å²) in [5.74, 6) is -0.382. The van der Waals surface area contributed by atoms with Crippen molar-refractivity contribution in [1.29, 1.82) is 0 Å². The topological polar surface area (TPSA) is 79.0 Å². The first-order valence-corrected chi connectivity index (χ1v) is 10.4. The van der Waals surface area contributed by atoms with Crippen molar-refractivity contribution in [3.8, 4) is 17.1 Å². The zero-order valence-electron chi connectivity index (χ0n) is 15.2. The van der Waals surface area contributed by atoms with Gasteiger partial charge in [-0.15, -0.1) is 0 Å². The molecule has 0 radical (unpaired) electrons. The first-order chi connectivity index (χ1) is 13.5. The van der Waals surface area contributed by atoms with Gasteiger partial charge >= 0.3 is 5.69 Å². The Morgan fingerprint density at radius 3 is 2.57 bits per heavy atom. The molecule has 4 rings (SSSR count). The monoisotopic (exact) mass is 402 g/mol. The number of hydrogen-bond donors (Lipinski definition) is 0. The SMILES string of the molecule is CS(=O)c1nccc(-c2cn(C3CCOCC3)c(=O)n2-c2ccc(F)cc2)n1. The summed E-state index contributed by atoms with van der Waals surface area (Å²) in [6.45, 7) is 1.20. The van der Waals surface area contributed by atoms with E-state index in [0.29, 0.717) is 30.3 Å². The Morgan fingerprint density at radius 2 is 1.89 bits per heavy atom. The highest BCUT2D eigenvalue weighted by Crippen LogP contribution is 2.25. The Hall–Kier alpha value is -2.65. The second kappa shape index (κ2) is 7.76. The van der Waals surface area contributed by atoms with E-state index in [1.807, 2.05) is 0 Å². The van der Waals surface area contributed by atoms with Gasteiger partial charge in [0, 0.05) is 37.9 Å². The van der Waals surface area contributed by atoms with Crippen LogP contribution >= 0.6 is 0 Å². The maximum atomic E-state index is 13.4. The van der Waals surface area contributed by atoms with E-state index in [9.17, 15) is 13.4 Å². The first kappa shape index (κ1) is 18.7. The lowest BCUT2D eigenvalue weighted by Gasteiger charge is -2.22. The third kappa shape index (κ3) is 3.55. The maximum Gasteiger partial charge on any atom is 0.333 e. The summed E-state index contributed by atoms with van der Waals surface area (Å²) in [4.78, 5) is 21.6. The van der Waals surface area contributed by atoms with Crippen LogP contribution in [0.5, 0.6) is 0 Å². The van der Waals surface area contributed by atoms with Gasteiger partial charge in [0.25, 0.3) is 0 Å². The molecule has 146 valence electrons. The highest BCUT2D eigenvalue weighted by atomic mass is 32.2. The molecule has 0 amide bonds. The molecule has 1 fully saturated rings. The van der Waals surface area contributed by atoms with E-state index < -0.39 is 10.8 Å². The van der Waals surface area contributed by atoms with Gasteiger partial charge in [-0.2, -0.15) is 0 Å². The van der Waals surface area contributed by atoms with Gasteiger partial charge < -0.3 is 4.74 Å². The van der Waals surface area contributed by atoms with Crippen LogP contribution in [0.3, 0.4) is 0 Å². The fraction of sp³-hybridized carbons (Fsp3) is 0.316. The standard InChI is InChI=1S/C19H19FN4O3S/c1-28(26)18-21-9-6-16(22-18)17-12-23(14-7-10-27-11-8-14)19(25)24(17)15-4-2-13(20)3-5-15/h2-6,9,12,14H,7-8,10-11H2,1H3. The predicted molar refractivity (Wildman–Crippen MR) is 102 cm³/mol. The van der Waals surface area contributed by atoms with E-state index in [2.05, 4.69) is 9.97 Å². The van der Waals surface area contributed by atoms with E-state index in [1.54, 1.807) is 29.0 Å². The molecule has 3 heterocycles. The smallest absolute Gasteiger partial charge is 0.333 e. The van der Waals surface area contributed by atoms with Crippen LogP contribution in [0.1, 0.15) is 18.9 Å². The molecule has 0 aliphatic carbocycles. The van der Waals surface area contributed by atoms with Gasteiger partial charge in [-0.05, 0) is 43.2 Å². The van der Waals surface area contributed by atoms with Crippen LogP contribution in [-0.2, 0) is 15.5 Å². The van der Waals surface area contributed by atoms with Crippen molar-refractivity contribution in [2.75, 3.05) is 19.5 Å². The van der Waals surface area contributed by atoms with Crippen LogP contribution in [0.25, 0.3) is 17.1 Å². The van der Waals surface area contributed by atoms with E-state index in [0.717, 1.165) is 12.8 Å². The van der Waals surface area contributed by atoms with Crippen LogP contribution in [0.15, 0.2) is 52.7 Å². The molecule has 1 aliphatic rings. The fourth-order valence-corrected chi connectivity index (χ4v) is 3.77. The molecule has 28 heavy (non-hydrogen) atoms. The average Bonchev–Trinajstić information content (AvgIpc) is 3.06. The summed E-state index contributed by atoms with van der Waals surface area (Å²) < 4.78 is 33.8. The molecule has 2 aromatic heterocycles. The molecule has 1 saturated heterocycles. The Balaban J connectivity index is 1.90. The van der Waals surface area contributed by atoms with Crippen molar-refractivity contribution in [2.45, 2.75) is 24.0 Å². The molecular weight excluding hydrogens is 383 g/mol. The van der Waals surface area contributed by atoms with Gasteiger partial charge in [0.1, 0.15) is 5.82 Å². The van der Waals surface area contributed by atoms with Crippen molar-refractivity contribution in [3.05, 3.63) is 59.0 Å². The highest BCUT2D eigenvalue weighted by Gasteiger charge is 2.23. The fourth-order valence-electron chi connectivity index (χ4n) is 3.33. The summed E-state index contributed by atoms with van der Waals surface area (Å²) >= 11 is 0. The van der Waals surface area contributed by atoms with Crippen molar-refractivity contribution in [3.63, 3.8) is 0 Å². The second-order valence-electron chi connectivity index (χ2n) is 6.54. The highest BCUT2D eigenvalue weighted by molar-refractivity contribution is 7.84. The molecule has 1 aromatic carbocycles. The minimum Gasteiger partial charge on any atom is -0.381 e. The average molecular weight is 402 g/mol. The Morgan fingerprint density at radius 1 is 1.18 bits per heavy atom. The van der Waals surface area contributed by atoms with E-state index in [1.165, 1.54) is 29.2 Å². The number of ether oxygens (including phenoxy) is 1. The van der Waals surface area contributed by atoms with Gasteiger partial charge in [0.2, 0.25) is 5.16 Å². The summed E-state index contributed by atoms with van der Waals surface area (Å²) in [7, 11) is -1.35. The number of imidazole rings is 1. The zero-order valence-corrected chi connectivity index (χ0v) is 16.1. The third-order valence-electron chi connectivity index (χ3n) is 4.74. The Bertz CT molecular complexity index is 1070. The minimum atomic E-state index is -1.35. The lowest BCUT2D eigenvalue weighted by atomic mass is 10.1. The molecule has 0 N–H and O–H groups in total. The summed E-state index contributed by atoms with van der Waals surface area (Å²) in [6.07, 6.45) is 6.25.